The van der Waals surface area contributed by atoms with Crippen LogP contribution in [-0.2, 0) is 10.0 Å². The summed E-state index contributed by atoms with van der Waals surface area (Å²) in [4.78, 5) is 14.1. The van der Waals surface area contributed by atoms with Crippen molar-refractivity contribution in [2.24, 2.45) is 0 Å². The first kappa shape index (κ1) is 19.3. The lowest BCUT2D eigenvalue weighted by molar-refractivity contribution is -0.883. The molecule has 0 bridgehead atoms. The molecule has 1 amide bonds. The normalized spacial score (nSPS) is 16.1. The molecule has 0 aliphatic carbocycles. The van der Waals surface area contributed by atoms with Crippen LogP contribution in [0.3, 0.4) is 0 Å². The molecular formula is C19H24N3O4S+. The third-order valence-corrected chi connectivity index (χ3v) is 6.56. The number of sulfonamides is 1. The Morgan fingerprint density at radius 1 is 1.11 bits per heavy atom. The van der Waals surface area contributed by atoms with Gasteiger partial charge in [-0.2, -0.15) is 4.31 Å². The van der Waals surface area contributed by atoms with Crippen LogP contribution in [0, 0.1) is 0 Å². The molecule has 2 aromatic rings. The number of nitrogens with one attached hydrogen (secondary N) is 2. The fourth-order valence-corrected chi connectivity index (χ4v) is 4.47. The Labute approximate surface area is 159 Å². The molecule has 2 aromatic carbocycles. The van der Waals surface area contributed by atoms with Crippen LogP contribution in [0.5, 0.6) is 5.75 Å². The van der Waals surface area contributed by atoms with Gasteiger partial charge in [-0.1, -0.05) is 18.2 Å². The maximum atomic E-state index is 13.0. The number of hydrogen-bond donors (Lipinski definition) is 2. The maximum absolute atomic E-state index is 13.0. The zero-order chi connectivity index (χ0) is 19.4. The molecule has 0 aromatic heterocycles. The molecule has 0 atom stereocenters. The Kier molecular flexibility index (Phi) is 5.79. The number of benzene rings is 2. The van der Waals surface area contributed by atoms with Gasteiger partial charge in [-0.15, -0.1) is 0 Å². The van der Waals surface area contributed by atoms with Crippen molar-refractivity contribution in [3.05, 3.63) is 54.1 Å². The van der Waals surface area contributed by atoms with E-state index in [1.807, 2.05) is 25.2 Å². The minimum absolute atomic E-state index is 0.0982. The minimum Gasteiger partial charge on any atom is -0.496 e. The number of anilines is 1. The van der Waals surface area contributed by atoms with E-state index < -0.39 is 15.9 Å². The molecule has 0 saturated carbocycles. The summed E-state index contributed by atoms with van der Waals surface area (Å²) < 4.78 is 32.7. The predicted molar refractivity (Wildman–Crippen MR) is 103 cm³/mol. The lowest BCUT2D eigenvalue weighted by atomic mass is 10.2. The zero-order valence-electron chi connectivity index (χ0n) is 15.4. The van der Waals surface area contributed by atoms with Gasteiger partial charge < -0.3 is 15.0 Å². The van der Waals surface area contributed by atoms with Crippen LogP contribution in [-0.4, -0.2) is 59.0 Å². The lowest BCUT2D eigenvalue weighted by Crippen LogP contribution is -3.12. The number of nitrogens with zero attached hydrogens (tertiary/aromatic N) is 1. The first-order valence-corrected chi connectivity index (χ1v) is 10.2. The molecule has 8 heteroatoms. The standard InChI is InChI=1S/C19H23N3O4S/c1-21-10-12-22(13-11-21)27(24,25)16-8-9-18(26-2)17(14-16)19(23)20-15-6-4-3-5-7-15/h3-9,14H,10-13H2,1-2H3,(H,20,23)/p+1. The summed E-state index contributed by atoms with van der Waals surface area (Å²) in [6.07, 6.45) is 0. The summed E-state index contributed by atoms with van der Waals surface area (Å²) in [6, 6.07) is 13.4. The molecular weight excluding hydrogens is 366 g/mol. The van der Waals surface area contributed by atoms with Crippen LogP contribution in [0.1, 0.15) is 10.4 Å². The van der Waals surface area contributed by atoms with Crippen molar-refractivity contribution in [3.63, 3.8) is 0 Å². The molecule has 3 rings (SSSR count). The fourth-order valence-electron chi connectivity index (χ4n) is 3.00. The summed E-state index contributed by atoms with van der Waals surface area (Å²) in [5.41, 5.74) is 0.807. The van der Waals surface area contributed by atoms with Gasteiger partial charge in [0.15, 0.2) is 0 Å². The van der Waals surface area contributed by atoms with Crippen LogP contribution in [0.15, 0.2) is 53.4 Å². The van der Waals surface area contributed by atoms with Gasteiger partial charge in [0.2, 0.25) is 10.0 Å². The molecule has 1 aliphatic heterocycles. The van der Waals surface area contributed by atoms with Crippen molar-refractivity contribution in [3.8, 4) is 5.75 Å². The fraction of sp³-hybridized carbons (Fsp3) is 0.316. The first-order chi connectivity index (χ1) is 12.9. The number of quaternary nitrogens is 1. The molecule has 0 radical (unpaired) electrons. The van der Waals surface area contributed by atoms with E-state index in [-0.39, 0.29) is 10.5 Å². The van der Waals surface area contributed by atoms with E-state index in [0.29, 0.717) is 24.5 Å². The first-order valence-electron chi connectivity index (χ1n) is 8.77. The smallest absolute Gasteiger partial charge is 0.259 e. The number of carbonyl (C=O) groups is 1. The molecule has 144 valence electrons. The largest absolute Gasteiger partial charge is 0.496 e. The highest BCUT2D eigenvalue weighted by atomic mass is 32.2. The number of methoxy groups -OCH3 is 1. The van der Waals surface area contributed by atoms with E-state index in [4.69, 9.17) is 4.74 Å². The number of hydrogen-bond acceptors (Lipinski definition) is 4. The third kappa shape index (κ3) is 4.29. The second-order valence-corrected chi connectivity index (χ2v) is 8.48. The van der Waals surface area contributed by atoms with Gasteiger partial charge in [-0.3, -0.25) is 4.79 Å². The monoisotopic (exact) mass is 390 g/mol. The Balaban J connectivity index is 1.90. The van der Waals surface area contributed by atoms with Gasteiger partial charge in [0.1, 0.15) is 5.75 Å². The number of ether oxygens (including phenoxy) is 1. The number of amides is 1. The van der Waals surface area contributed by atoms with Crippen molar-refractivity contribution >= 4 is 21.6 Å². The number of rotatable bonds is 5. The SMILES string of the molecule is COc1ccc(S(=O)(=O)N2CC[NH+](C)CC2)cc1C(=O)Nc1ccccc1. The van der Waals surface area contributed by atoms with Crippen molar-refractivity contribution in [1.29, 1.82) is 0 Å². The second-order valence-electron chi connectivity index (χ2n) is 6.54. The average molecular weight is 390 g/mol. The van der Waals surface area contributed by atoms with E-state index in [0.717, 1.165) is 13.1 Å². The van der Waals surface area contributed by atoms with E-state index in [1.165, 1.54) is 34.5 Å². The topological polar surface area (TPSA) is 80.2 Å². The highest BCUT2D eigenvalue weighted by Crippen LogP contribution is 2.25. The number of piperazine rings is 1. The number of carbonyl (C=O) groups excluding carboxylic acids is 1. The van der Waals surface area contributed by atoms with Crippen molar-refractivity contribution in [2.75, 3.05) is 45.7 Å². The third-order valence-electron chi connectivity index (χ3n) is 4.66. The molecule has 27 heavy (non-hydrogen) atoms. The molecule has 1 aliphatic rings. The van der Waals surface area contributed by atoms with Crippen LogP contribution in [0.25, 0.3) is 0 Å². The van der Waals surface area contributed by atoms with Crippen molar-refractivity contribution in [1.82, 2.24) is 4.31 Å². The van der Waals surface area contributed by atoms with Gasteiger partial charge in [0.05, 0.1) is 50.8 Å². The molecule has 0 unspecified atom stereocenters. The van der Waals surface area contributed by atoms with Gasteiger partial charge >= 0.3 is 0 Å². The summed E-state index contributed by atoms with van der Waals surface area (Å²) in [6.45, 7) is 2.45. The van der Waals surface area contributed by atoms with E-state index >= 15 is 0 Å². The van der Waals surface area contributed by atoms with Gasteiger partial charge in [-0.25, -0.2) is 8.42 Å². The Morgan fingerprint density at radius 3 is 2.41 bits per heavy atom. The lowest BCUT2D eigenvalue weighted by Gasteiger charge is -2.29. The minimum atomic E-state index is -3.65. The summed E-state index contributed by atoms with van der Waals surface area (Å²) in [7, 11) is -0.159. The van der Waals surface area contributed by atoms with Gasteiger partial charge in [-0.05, 0) is 30.3 Å². The van der Waals surface area contributed by atoms with Gasteiger partial charge in [0, 0.05) is 5.69 Å². The van der Waals surface area contributed by atoms with E-state index in [2.05, 4.69) is 5.32 Å². The molecule has 7 nitrogen and oxygen atoms in total. The molecule has 1 saturated heterocycles. The van der Waals surface area contributed by atoms with Crippen molar-refractivity contribution in [2.45, 2.75) is 4.90 Å². The Hall–Kier alpha value is -2.42. The highest BCUT2D eigenvalue weighted by Gasteiger charge is 2.30. The summed E-state index contributed by atoms with van der Waals surface area (Å²) in [5.74, 6) is -0.0943. The van der Waals surface area contributed by atoms with Crippen LogP contribution in [0.2, 0.25) is 0 Å². The van der Waals surface area contributed by atoms with Gasteiger partial charge in [0.25, 0.3) is 5.91 Å². The molecule has 1 heterocycles. The number of likely N-dealkylation sites (N-methyl/N-ethyl adjacent to an activating group) is 1. The predicted octanol–water partition coefficient (Wildman–Crippen LogP) is 0.467. The molecule has 2 N–H and O–H groups in total. The Morgan fingerprint density at radius 2 is 1.78 bits per heavy atom. The van der Waals surface area contributed by atoms with E-state index in [1.54, 1.807) is 12.1 Å². The molecule has 0 spiro atoms. The number of para-hydroxylation sites is 1. The molecule has 1 fully saturated rings. The van der Waals surface area contributed by atoms with Crippen LogP contribution >= 0.6 is 0 Å². The zero-order valence-corrected chi connectivity index (χ0v) is 16.3. The summed E-state index contributed by atoms with van der Waals surface area (Å²) in [5, 5.41) is 2.77. The Bertz CT molecular complexity index is 908. The second kappa shape index (κ2) is 8.08. The van der Waals surface area contributed by atoms with Crippen molar-refractivity contribution < 1.29 is 22.8 Å². The average Bonchev–Trinajstić information content (AvgIpc) is 2.68. The van der Waals surface area contributed by atoms with Crippen LogP contribution in [0.4, 0.5) is 5.69 Å². The van der Waals surface area contributed by atoms with E-state index in [9.17, 15) is 13.2 Å². The maximum Gasteiger partial charge on any atom is 0.259 e. The quantitative estimate of drug-likeness (QED) is 0.778. The summed E-state index contributed by atoms with van der Waals surface area (Å²) >= 11 is 0. The highest BCUT2D eigenvalue weighted by molar-refractivity contribution is 7.89. The van der Waals surface area contributed by atoms with Crippen LogP contribution < -0.4 is 15.0 Å².